The van der Waals surface area contributed by atoms with Gasteiger partial charge in [0.1, 0.15) is 6.29 Å². The van der Waals surface area contributed by atoms with Gasteiger partial charge in [-0.25, -0.2) is 0 Å². The Balaban J connectivity index is 0.000000251. The topological polar surface area (TPSA) is 17.1 Å². The first-order valence-electron chi connectivity index (χ1n) is 10.0. The highest BCUT2D eigenvalue weighted by Crippen LogP contribution is 2.44. The van der Waals surface area contributed by atoms with Crippen LogP contribution in [0.2, 0.25) is 26.2 Å². The minimum atomic E-state index is -0.676. The summed E-state index contributed by atoms with van der Waals surface area (Å²) in [5.74, 6) is 4.39. The third-order valence-corrected chi connectivity index (χ3v) is 11.7. The van der Waals surface area contributed by atoms with Crippen LogP contribution in [0.25, 0.3) is 0 Å². The first-order valence-corrected chi connectivity index (χ1v) is 19.2. The number of aldehydes is 1. The maximum absolute atomic E-state index is 10.3. The molecule has 29 heavy (non-hydrogen) atoms. The van der Waals surface area contributed by atoms with Gasteiger partial charge in [-0.1, -0.05) is 85.1 Å². The second-order valence-electron chi connectivity index (χ2n) is 7.28. The molecule has 1 heterocycles. The average molecular weight is 499 g/mol. The van der Waals surface area contributed by atoms with Gasteiger partial charge in [-0.15, -0.1) is 23.5 Å². The average Bonchev–Trinajstić information content (AvgIpc) is 3.29. The summed E-state index contributed by atoms with van der Waals surface area (Å²) in [4.78, 5) is 10.3. The highest BCUT2D eigenvalue weighted by molar-refractivity contribution is 8.19. The fourth-order valence-corrected chi connectivity index (χ4v) is 7.33. The molecule has 160 valence electrons. The van der Waals surface area contributed by atoms with Crippen LogP contribution in [0.3, 0.4) is 0 Å². The van der Waals surface area contributed by atoms with E-state index in [0.717, 1.165) is 23.4 Å². The van der Waals surface area contributed by atoms with Gasteiger partial charge in [-0.3, -0.25) is 4.79 Å². The van der Waals surface area contributed by atoms with Crippen LogP contribution in [0.15, 0.2) is 48.5 Å². The van der Waals surface area contributed by atoms with E-state index >= 15 is 0 Å². The maximum atomic E-state index is 10.3. The first-order chi connectivity index (χ1) is 13.9. The van der Waals surface area contributed by atoms with Crippen LogP contribution in [0, 0.1) is 0 Å². The zero-order valence-electron chi connectivity index (χ0n) is 17.9. The monoisotopic (exact) mass is 498 g/mol. The molecule has 0 spiro atoms. The second-order valence-corrected chi connectivity index (χ2v) is 16.9. The zero-order valence-corrected chi connectivity index (χ0v) is 23.6. The Kier molecular flexibility index (Phi) is 14.6. The summed E-state index contributed by atoms with van der Waals surface area (Å²) < 4.78 is 0.706. The lowest BCUT2D eigenvalue weighted by Gasteiger charge is -2.10. The SMILES string of the molecule is C[SiH](C)c1ccc(C2SCCS2)cc1.C[SiH](C)c1ccc(C=O)cc1.SCCS. The van der Waals surface area contributed by atoms with Crippen molar-refractivity contribution < 1.29 is 4.79 Å². The van der Waals surface area contributed by atoms with Crippen molar-refractivity contribution in [2.45, 2.75) is 30.8 Å². The summed E-state index contributed by atoms with van der Waals surface area (Å²) >= 11 is 11.9. The van der Waals surface area contributed by atoms with Crippen LogP contribution < -0.4 is 10.4 Å². The number of hydrogen-bond donors (Lipinski definition) is 2. The molecule has 1 saturated heterocycles. The van der Waals surface area contributed by atoms with E-state index in [4.69, 9.17) is 0 Å². The van der Waals surface area contributed by atoms with Gasteiger partial charge < -0.3 is 0 Å². The van der Waals surface area contributed by atoms with Gasteiger partial charge in [-0.05, 0) is 17.1 Å². The molecule has 1 aliphatic rings. The molecule has 2 aromatic carbocycles. The van der Waals surface area contributed by atoms with Crippen molar-refractivity contribution in [1.29, 1.82) is 0 Å². The smallest absolute Gasteiger partial charge is 0.150 e. The molecule has 0 unspecified atom stereocenters. The Morgan fingerprint density at radius 1 is 0.828 bits per heavy atom. The minimum Gasteiger partial charge on any atom is -0.298 e. The van der Waals surface area contributed by atoms with Crippen molar-refractivity contribution in [2.24, 2.45) is 0 Å². The molecule has 1 aliphatic heterocycles. The van der Waals surface area contributed by atoms with Gasteiger partial charge in [-0.2, -0.15) is 25.3 Å². The van der Waals surface area contributed by atoms with E-state index in [0.29, 0.717) is 4.58 Å². The van der Waals surface area contributed by atoms with Gasteiger partial charge in [0, 0.05) is 17.1 Å². The summed E-state index contributed by atoms with van der Waals surface area (Å²) in [5.41, 5.74) is 2.28. The van der Waals surface area contributed by atoms with Crippen molar-refractivity contribution in [1.82, 2.24) is 0 Å². The first kappa shape index (κ1) is 27.0. The van der Waals surface area contributed by atoms with Crippen LogP contribution in [0.5, 0.6) is 0 Å². The Morgan fingerprint density at radius 3 is 1.59 bits per heavy atom. The number of thioether (sulfide) groups is 2. The molecule has 0 aromatic heterocycles. The van der Waals surface area contributed by atoms with E-state index in [9.17, 15) is 4.79 Å². The standard InChI is InChI=1S/C11H16S2Si.C9H12OSi.C2H6S2/c1-14(2)10-5-3-9(4-6-10)11-12-7-8-13-11;1-11(2)9-5-3-8(7-10)4-6-9;3-1-2-4/h3-6,11,14H,7-8H2,1-2H3;3-7,11H,1-2H3;3-4H,1-2H2. The lowest BCUT2D eigenvalue weighted by atomic mass is 10.2. The van der Waals surface area contributed by atoms with E-state index in [-0.39, 0.29) is 0 Å². The predicted molar refractivity (Wildman–Crippen MR) is 151 cm³/mol. The van der Waals surface area contributed by atoms with Crippen LogP contribution in [0.1, 0.15) is 20.5 Å². The van der Waals surface area contributed by atoms with Gasteiger partial charge in [0.15, 0.2) is 0 Å². The molecule has 0 N–H and O–H groups in total. The molecule has 0 amide bonds. The fourth-order valence-electron chi connectivity index (χ4n) is 2.55. The molecule has 0 bridgehead atoms. The number of hydrogen-bond acceptors (Lipinski definition) is 5. The molecule has 0 radical (unpaired) electrons. The third-order valence-electron chi connectivity index (χ3n) is 4.34. The Labute approximate surface area is 200 Å². The molecule has 0 aliphatic carbocycles. The van der Waals surface area contributed by atoms with Crippen molar-refractivity contribution >= 4 is 83.0 Å². The van der Waals surface area contributed by atoms with E-state index in [2.05, 4.69) is 111 Å². The van der Waals surface area contributed by atoms with Crippen molar-refractivity contribution in [3.05, 3.63) is 59.7 Å². The van der Waals surface area contributed by atoms with Crippen LogP contribution in [0.4, 0.5) is 0 Å². The predicted octanol–water partition coefficient (Wildman–Crippen LogP) is 4.90. The summed E-state index contributed by atoms with van der Waals surface area (Å²) in [7, 11) is -1.27. The number of carbonyl (C=O) groups excluding carboxylic acids is 1. The molecule has 2 aromatic rings. The lowest BCUT2D eigenvalue weighted by Crippen LogP contribution is -2.21. The maximum Gasteiger partial charge on any atom is 0.150 e. The zero-order chi connectivity index (χ0) is 21.6. The highest BCUT2D eigenvalue weighted by atomic mass is 32.2. The molecule has 1 fully saturated rings. The van der Waals surface area contributed by atoms with Crippen molar-refractivity contribution in [2.75, 3.05) is 23.0 Å². The Hall–Kier alpha value is -0.0562. The van der Waals surface area contributed by atoms with Gasteiger partial charge in [0.05, 0.1) is 22.2 Å². The molecule has 0 atom stereocenters. The van der Waals surface area contributed by atoms with E-state index < -0.39 is 17.6 Å². The largest absolute Gasteiger partial charge is 0.298 e. The Bertz CT molecular complexity index is 683. The normalized spacial score (nSPS) is 13.5. The molecule has 1 nitrogen and oxygen atoms in total. The summed E-state index contributed by atoms with van der Waals surface area (Å²) in [5, 5.41) is 3.00. The van der Waals surface area contributed by atoms with Gasteiger partial charge in [0.25, 0.3) is 0 Å². The summed E-state index contributed by atoms with van der Waals surface area (Å²) in [6, 6.07) is 17.2. The number of carbonyl (C=O) groups is 1. The van der Waals surface area contributed by atoms with Crippen molar-refractivity contribution in [3.63, 3.8) is 0 Å². The fraction of sp³-hybridized carbons (Fsp3) is 0.409. The van der Waals surface area contributed by atoms with Gasteiger partial charge in [0.2, 0.25) is 0 Å². The van der Waals surface area contributed by atoms with E-state index in [1.807, 2.05) is 12.1 Å². The van der Waals surface area contributed by atoms with Crippen LogP contribution >= 0.6 is 48.8 Å². The van der Waals surface area contributed by atoms with Crippen molar-refractivity contribution in [3.8, 4) is 0 Å². The van der Waals surface area contributed by atoms with E-state index in [1.165, 1.54) is 22.3 Å². The molecule has 7 heteroatoms. The van der Waals surface area contributed by atoms with Crippen LogP contribution in [-0.2, 0) is 0 Å². The highest BCUT2D eigenvalue weighted by Gasteiger charge is 2.17. The van der Waals surface area contributed by atoms with Gasteiger partial charge >= 0.3 is 0 Å². The third kappa shape index (κ3) is 10.7. The lowest BCUT2D eigenvalue weighted by molar-refractivity contribution is 0.112. The summed E-state index contributed by atoms with van der Waals surface area (Å²) in [6.07, 6.45) is 0.881. The summed E-state index contributed by atoms with van der Waals surface area (Å²) in [6.45, 7) is 9.31. The van der Waals surface area contributed by atoms with Crippen LogP contribution in [-0.4, -0.2) is 46.9 Å². The Morgan fingerprint density at radius 2 is 1.24 bits per heavy atom. The minimum absolute atomic E-state index is 0.597. The molecular weight excluding hydrogens is 465 g/mol. The number of benzene rings is 2. The van der Waals surface area contributed by atoms with E-state index in [1.54, 1.807) is 5.19 Å². The molecular formula is C22H34OS4Si2. The second kappa shape index (κ2) is 15.7. The molecule has 0 saturated carbocycles. The number of thiol groups is 2. The molecule has 3 rings (SSSR count). The number of rotatable bonds is 5. The quantitative estimate of drug-likeness (QED) is 0.347.